The van der Waals surface area contributed by atoms with Crippen molar-refractivity contribution < 1.29 is 4.79 Å². The molecule has 1 saturated heterocycles. The molecule has 0 amide bonds. The van der Waals surface area contributed by atoms with Gasteiger partial charge in [-0.2, -0.15) is 0 Å². The Hall–Kier alpha value is -1.15. The van der Waals surface area contributed by atoms with E-state index in [1.54, 1.807) is 0 Å². The minimum Gasteiger partial charge on any atom is -0.299 e. The molecule has 20 heavy (non-hydrogen) atoms. The summed E-state index contributed by atoms with van der Waals surface area (Å²) in [6.07, 6.45) is 3.69. The molecule has 0 radical (unpaired) electrons. The van der Waals surface area contributed by atoms with Crippen molar-refractivity contribution in [2.24, 2.45) is 23.7 Å². The predicted molar refractivity (Wildman–Crippen MR) is 79.1 cm³/mol. The highest BCUT2D eigenvalue weighted by Crippen LogP contribution is 2.52. The molecule has 5 atom stereocenters. The molecular formula is C18H23NO. The molecule has 0 bridgehead atoms. The lowest BCUT2D eigenvalue weighted by atomic mass is 9.76. The van der Waals surface area contributed by atoms with Crippen LogP contribution >= 0.6 is 0 Å². The number of carbonyl (C=O) groups excluding carboxylic acids is 1. The predicted octanol–water partition coefficient (Wildman–Crippen LogP) is 3.12. The lowest BCUT2D eigenvalue weighted by Crippen LogP contribution is -2.39. The topological polar surface area (TPSA) is 20.3 Å². The highest BCUT2D eigenvalue weighted by atomic mass is 16.1. The van der Waals surface area contributed by atoms with E-state index in [-0.39, 0.29) is 0 Å². The molecular weight excluding hydrogens is 246 g/mol. The summed E-state index contributed by atoms with van der Waals surface area (Å²) in [7, 11) is 0. The summed E-state index contributed by atoms with van der Waals surface area (Å²) in [4.78, 5) is 15.0. The van der Waals surface area contributed by atoms with E-state index in [4.69, 9.17) is 0 Å². The van der Waals surface area contributed by atoms with Gasteiger partial charge in [-0.05, 0) is 30.2 Å². The van der Waals surface area contributed by atoms with Crippen LogP contribution in [0, 0.1) is 23.7 Å². The normalized spacial score (nSPS) is 40.0. The Morgan fingerprint density at radius 3 is 2.80 bits per heavy atom. The second-order valence-electron chi connectivity index (χ2n) is 6.95. The zero-order chi connectivity index (χ0) is 13.7. The zero-order valence-electron chi connectivity index (χ0n) is 12.2. The first-order valence-electron chi connectivity index (χ1n) is 8.07. The number of rotatable bonds is 2. The van der Waals surface area contributed by atoms with Crippen molar-refractivity contribution in [1.29, 1.82) is 0 Å². The number of ketones is 1. The van der Waals surface area contributed by atoms with Crippen molar-refractivity contribution in [2.45, 2.75) is 38.8 Å². The molecule has 3 aliphatic rings. The molecule has 1 aliphatic heterocycles. The molecule has 2 heteroatoms. The van der Waals surface area contributed by atoms with Crippen molar-refractivity contribution in [2.75, 3.05) is 6.54 Å². The second-order valence-corrected chi connectivity index (χ2v) is 6.95. The quantitative estimate of drug-likeness (QED) is 0.822. The molecule has 0 N–H and O–H groups in total. The lowest BCUT2D eigenvalue weighted by Gasteiger charge is -2.34. The largest absolute Gasteiger partial charge is 0.299 e. The fourth-order valence-electron chi connectivity index (χ4n) is 5.11. The van der Waals surface area contributed by atoms with Crippen LogP contribution in [-0.4, -0.2) is 23.3 Å². The Labute approximate surface area is 121 Å². The Bertz CT molecular complexity index is 511. The summed E-state index contributed by atoms with van der Waals surface area (Å²) in [6, 6.07) is 11.4. The molecule has 2 saturated carbocycles. The smallest absolute Gasteiger partial charge is 0.139 e. The molecule has 0 spiro atoms. The average Bonchev–Trinajstić information content (AvgIpc) is 2.96. The summed E-state index contributed by atoms with van der Waals surface area (Å²) < 4.78 is 0. The zero-order valence-corrected chi connectivity index (χ0v) is 12.2. The SMILES string of the molecule is CC1C(=O)[C@H]2CCC[C@@H]3[C@H]2[C@@H]1CN3Cc1ccccc1. The summed E-state index contributed by atoms with van der Waals surface area (Å²) >= 11 is 0. The third-order valence-corrected chi connectivity index (χ3v) is 6.02. The van der Waals surface area contributed by atoms with Gasteiger partial charge in [-0.25, -0.2) is 0 Å². The summed E-state index contributed by atoms with van der Waals surface area (Å²) in [6.45, 7) is 4.37. The van der Waals surface area contributed by atoms with Gasteiger partial charge in [0.25, 0.3) is 0 Å². The van der Waals surface area contributed by atoms with Gasteiger partial charge in [0.2, 0.25) is 0 Å². The van der Waals surface area contributed by atoms with Crippen LogP contribution in [-0.2, 0) is 11.3 Å². The minimum atomic E-state index is 0.298. The maximum absolute atomic E-state index is 12.4. The fraction of sp³-hybridized carbons (Fsp3) is 0.611. The standard InChI is InChI=1S/C18H23NO/c1-12-15-11-19(10-13-6-3-2-4-7-13)16-9-5-8-14(17(15)16)18(12)20/h2-4,6-7,12,14-17H,5,8-11H2,1H3/t12?,14-,15+,16+,17+/m0/s1. The Morgan fingerprint density at radius 1 is 1.20 bits per heavy atom. The van der Waals surface area contributed by atoms with Crippen molar-refractivity contribution in [3.8, 4) is 0 Å². The first kappa shape index (κ1) is 12.6. The average molecular weight is 269 g/mol. The van der Waals surface area contributed by atoms with Crippen LogP contribution < -0.4 is 0 Å². The van der Waals surface area contributed by atoms with Crippen LogP contribution in [0.5, 0.6) is 0 Å². The van der Waals surface area contributed by atoms with Crippen molar-refractivity contribution in [1.82, 2.24) is 4.90 Å². The van der Waals surface area contributed by atoms with Crippen molar-refractivity contribution >= 4 is 5.78 Å². The third kappa shape index (κ3) is 1.77. The van der Waals surface area contributed by atoms with Crippen LogP contribution in [0.1, 0.15) is 31.7 Å². The van der Waals surface area contributed by atoms with Crippen LogP contribution in [0.15, 0.2) is 30.3 Å². The molecule has 106 valence electrons. The molecule has 2 aliphatic carbocycles. The van der Waals surface area contributed by atoms with Crippen molar-refractivity contribution in [3.63, 3.8) is 0 Å². The van der Waals surface area contributed by atoms with Gasteiger partial charge in [-0.15, -0.1) is 0 Å². The molecule has 1 unspecified atom stereocenters. The maximum atomic E-state index is 12.4. The number of likely N-dealkylation sites (tertiary alicyclic amines) is 1. The monoisotopic (exact) mass is 269 g/mol. The van der Waals surface area contributed by atoms with Gasteiger partial charge in [0, 0.05) is 31.0 Å². The first-order valence-corrected chi connectivity index (χ1v) is 8.07. The highest BCUT2D eigenvalue weighted by molar-refractivity contribution is 5.86. The van der Waals surface area contributed by atoms with Gasteiger partial charge in [-0.1, -0.05) is 43.7 Å². The minimum absolute atomic E-state index is 0.298. The van der Waals surface area contributed by atoms with Gasteiger partial charge in [0.1, 0.15) is 5.78 Å². The van der Waals surface area contributed by atoms with E-state index in [0.717, 1.165) is 19.5 Å². The lowest BCUT2D eigenvalue weighted by molar-refractivity contribution is -0.125. The van der Waals surface area contributed by atoms with E-state index >= 15 is 0 Å². The van der Waals surface area contributed by atoms with E-state index in [1.165, 1.54) is 18.4 Å². The molecule has 3 fully saturated rings. The Balaban J connectivity index is 1.58. The van der Waals surface area contributed by atoms with E-state index in [1.807, 2.05) is 0 Å². The summed E-state index contributed by atoms with van der Waals surface area (Å²) in [5, 5.41) is 0. The first-order chi connectivity index (χ1) is 9.75. The Kier molecular flexibility index (Phi) is 2.95. The number of benzene rings is 1. The van der Waals surface area contributed by atoms with Gasteiger partial charge < -0.3 is 0 Å². The number of hydrogen-bond donors (Lipinski definition) is 0. The number of hydrogen-bond acceptors (Lipinski definition) is 2. The Morgan fingerprint density at radius 2 is 2.00 bits per heavy atom. The summed E-state index contributed by atoms with van der Waals surface area (Å²) in [5.41, 5.74) is 1.41. The fourth-order valence-corrected chi connectivity index (χ4v) is 5.11. The van der Waals surface area contributed by atoms with Gasteiger partial charge in [0.15, 0.2) is 0 Å². The van der Waals surface area contributed by atoms with Crippen molar-refractivity contribution in [3.05, 3.63) is 35.9 Å². The van der Waals surface area contributed by atoms with Gasteiger partial charge in [-0.3, -0.25) is 9.69 Å². The van der Waals surface area contributed by atoms with Crippen LogP contribution in [0.25, 0.3) is 0 Å². The number of carbonyl (C=O) groups is 1. The van der Waals surface area contributed by atoms with Crippen LogP contribution in [0.3, 0.4) is 0 Å². The molecule has 0 aromatic heterocycles. The number of Topliss-reactive ketones (excluding diaryl/α,β-unsaturated/α-hetero) is 1. The van der Waals surface area contributed by atoms with E-state index in [2.05, 4.69) is 42.2 Å². The van der Waals surface area contributed by atoms with Gasteiger partial charge in [0.05, 0.1) is 0 Å². The molecule has 1 heterocycles. The van der Waals surface area contributed by atoms with Gasteiger partial charge >= 0.3 is 0 Å². The molecule has 4 rings (SSSR count). The van der Waals surface area contributed by atoms with Crippen LogP contribution in [0.2, 0.25) is 0 Å². The third-order valence-electron chi connectivity index (χ3n) is 6.02. The van der Waals surface area contributed by atoms with Crippen LogP contribution in [0.4, 0.5) is 0 Å². The second kappa shape index (κ2) is 4.70. The van der Waals surface area contributed by atoms with E-state index in [0.29, 0.717) is 35.5 Å². The molecule has 1 aromatic carbocycles. The number of nitrogens with zero attached hydrogens (tertiary/aromatic N) is 1. The maximum Gasteiger partial charge on any atom is 0.139 e. The van der Waals surface area contributed by atoms with E-state index < -0.39 is 0 Å². The molecule has 1 aromatic rings. The highest BCUT2D eigenvalue weighted by Gasteiger charge is 2.57. The molecule has 2 nitrogen and oxygen atoms in total. The van der Waals surface area contributed by atoms with E-state index in [9.17, 15) is 4.79 Å². The summed E-state index contributed by atoms with van der Waals surface area (Å²) in [5.74, 6) is 2.54.